The van der Waals surface area contributed by atoms with Crippen LogP contribution in [0, 0.1) is 29.6 Å². The molecule has 5 atom stereocenters. The van der Waals surface area contributed by atoms with E-state index in [0.717, 1.165) is 29.6 Å². The van der Waals surface area contributed by atoms with Gasteiger partial charge in [-0.2, -0.15) is 0 Å². The van der Waals surface area contributed by atoms with E-state index in [1.807, 2.05) is 0 Å². The Morgan fingerprint density at radius 2 is 1.63 bits per heavy atom. The van der Waals surface area contributed by atoms with Crippen molar-refractivity contribution in [3.8, 4) is 0 Å². The molecule has 0 aromatic heterocycles. The Kier molecular flexibility index (Phi) is 5.54. The Bertz CT molecular complexity index is 290. The molecule has 2 rings (SSSR count). The van der Waals surface area contributed by atoms with Gasteiger partial charge in [0.25, 0.3) is 0 Å². The van der Waals surface area contributed by atoms with E-state index in [2.05, 4.69) is 27.4 Å². The minimum Gasteiger partial charge on any atom is -0.0996 e. The Labute approximate surface area is 121 Å². The van der Waals surface area contributed by atoms with Crippen LogP contribution in [0.25, 0.3) is 0 Å². The third kappa shape index (κ3) is 4.10. The fourth-order valence-electron chi connectivity index (χ4n) is 4.45. The second-order valence-corrected chi connectivity index (χ2v) is 7.72. The summed E-state index contributed by atoms with van der Waals surface area (Å²) in [6.07, 6.45) is 12.9. The molecule has 0 spiro atoms. The van der Waals surface area contributed by atoms with E-state index in [0.29, 0.717) is 0 Å². The van der Waals surface area contributed by atoms with E-state index in [9.17, 15) is 0 Å². The highest BCUT2D eigenvalue weighted by Crippen LogP contribution is 2.41. The van der Waals surface area contributed by atoms with Gasteiger partial charge in [-0.25, -0.2) is 0 Å². The molecule has 0 heteroatoms. The molecule has 0 heterocycles. The molecule has 0 aromatic carbocycles. The van der Waals surface area contributed by atoms with Gasteiger partial charge in [0.15, 0.2) is 0 Å². The molecule has 0 aliphatic heterocycles. The quantitative estimate of drug-likeness (QED) is 0.418. The van der Waals surface area contributed by atoms with Crippen molar-refractivity contribution in [3.05, 3.63) is 12.2 Å². The molecule has 0 bridgehead atoms. The van der Waals surface area contributed by atoms with E-state index in [4.69, 9.17) is 0 Å². The lowest BCUT2D eigenvalue weighted by Gasteiger charge is -2.36. The summed E-state index contributed by atoms with van der Waals surface area (Å²) < 4.78 is 0. The summed E-state index contributed by atoms with van der Waals surface area (Å²) in [4.78, 5) is 0. The van der Waals surface area contributed by atoms with E-state index in [1.54, 1.807) is 5.57 Å². The molecule has 19 heavy (non-hydrogen) atoms. The molecule has 2 fully saturated rings. The zero-order valence-electron chi connectivity index (χ0n) is 13.5. The zero-order chi connectivity index (χ0) is 13.8. The van der Waals surface area contributed by atoms with Crippen LogP contribution in [0.3, 0.4) is 0 Å². The average Bonchev–Trinajstić information content (AvgIpc) is 2.58. The van der Waals surface area contributed by atoms with E-state index < -0.39 is 0 Å². The molecule has 0 aromatic rings. The zero-order valence-corrected chi connectivity index (χ0v) is 13.5. The highest BCUT2D eigenvalue weighted by Gasteiger charge is 2.29. The second-order valence-electron chi connectivity index (χ2n) is 7.72. The van der Waals surface area contributed by atoms with Crippen LogP contribution >= 0.6 is 0 Å². The van der Waals surface area contributed by atoms with E-state index >= 15 is 0 Å². The van der Waals surface area contributed by atoms with Gasteiger partial charge in [0, 0.05) is 0 Å². The summed E-state index contributed by atoms with van der Waals surface area (Å²) in [5, 5.41) is 0. The van der Waals surface area contributed by atoms with Gasteiger partial charge < -0.3 is 0 Å². The van der Waals surface area contributed by atoms with Crippen molar-refractivity contribution in [2.75, 3.05) is 0 Å². The van der Waals surface area contributed by atoms with Crippen LogP contribution in [-0.4, -0.2) is 0 Å². The molecule has 0 radical (unpaired) electrons. The minimum absolute atomic E-state index is 0.824. The maximum Gasteiger partial charge on any atom is -0.0178 e. The van der Waals surface area contributed by atoms with Gasteiger partial charge >= 0.3 is 0 Å². The Morgan fingerprint density at radius 1 is 0.895 bits per heavy atom. The Morgan fingerprint density at radius 3 is 2.42 bits per heavy atom. The van der Waals surface area contributed by atoms with Crippen molar-refractivity contribution >= 4 is 0 Å². The topological polar surface area (TPSA) is 0 Å². The first-order valence-electron chi connectivity index (χ1n) is 8.75. The summed E-state index contributed by atoms with van der Waals surface area (Å²) in [7, 11) is 0. The van der Waals surface area contributed by atoms with Crippen LogP contribution in [0.1, 0.15) is 78.6 Å². The van der Waals surface area contributed by atoms with Gasteiger partial charge in [-0.05, 0) is 48.9 Å². The SMILES string of the molecule is C=C(CC1CCCC(C)CC1)C1CCCC(C)C1C. The predicted octanol–water partition coefficient (Wildman–Crippen LogP) is 6.22. The van der Waals surface area contributed by atoms with E-state index in [-0.39, 0.29) is 0 Å². The number of rotatable bonds is 3. The number of hydrogen-bond acceptors (Lipinski definition) is 0. The van der Waals surface area contributed by atoms with Crippen LogP contribution in [-0.2, 0) is 0 Å². The molecule has 0 amide bonds. The van der Waals surface area contributed by atoms with Crippen molar-refractivity contribution in [2.45, 2.75) is 78.6 Å². The molecule has 0 saturated heterocycles. The molecule has 2 aliphatic carbocycles. The number of allylic oxidation sites excluding steroid dienone is 1. The molecule has 0 nitrogen and oxygen atoms in total. The molecule has 110 valence electrons. The first kappa shape index (κ1) is 15.1. The average molecular weight is 262 g/mol. The first-order valence-corrected chi connectivity index (χ1v) is 8.75. The highest BCUT2D eigenvalue weighted by atomic mass is 14.3. The molecule has 5 unspecified atom stereocenters. The molecule has 0 N–H and O–H groups in total. The lowest BCUT2D eigenvalue weighted by atomic mass is 9.69. The van der Waals surface area contributed by atoms with Gasteiger partial charge in [0.2, 0.25) is 0 Å². The third-order valence-corrected chi connectivity index (χ3v) is 6.16. The molecule has 2 saturated carbocycles. The summed E-state index contributed by atoms with van der Waals surface area (Å²) in [6, 6.07) is 0. The van der Waals surface area contributed by atoms with Crippen LogP contribution in [0.15, 0.2) is 12.2 Å². The van der Waals surface area contributed by atoms with Crippen molar-refractivity contribution in [2.24, 2.45) is 29.6 Å². The lowest BCUT2D eigenvalue weighted by molar-refractivity contribution is 0.202. The predicted molar refractivity (Wildman–Crippen MR) is 85.2 cm³/mol. The Hall–Kier alpha value is -0.260. The maximum absolute atomic E-state index is 4.51. The standard InChI is InChI=1S/C19H34/c1-14-7-5-9-18(12-11-14)13-16(3)19-10-6-8-15(2)17(19)4/h14-15,17-19H,3,5-13H2,1-2,4H3. The summed E-state index contributed by atoms with van der Waals surface area (Å²) >= 11 is 0. The van der Waals surface area contributed by atoms with Crippen molar-refractivity contribution in [1.29, 1.82) is 0 Å². The van der Waals surface area contributed by atoms with Crippen molar-refractivity contribution in [1.82, 2.24) is 0 Å². The fourth-order valence-corrected chi connectivity index (χ4v) is 4.45. The molecular formula is C19H34. The minimum atomic E-state index is 0.824. The van der Waals surface area contributed by atoms with E-state index in [1.165, 1.54) is 57.8 Å². The highest BCUT2D eigenvalue weighted by molar-refractivity contribution is 5.05. The summed E-state index contributed by atoms with van der Waals surface area (Å²) in [5.41, 5.74) is 1.60. The van der Waals surface area contributed by atoms with Crippen LogP contribution in [0.5, 0.6) is 0 Å². The number of hydrogen-bond donors (Lipinski definition) is 0. The van der Waals surface area contributed by atoms with Gasteiger partial charge in [-0.1, -0.05) is 71.4 Å². The maximum atomic E-state index is 4.51. The lowest BCUT2D eigenvalue weighted by Crippen LogP contribution is -2.26. The normalized spacial score (nSPS) is 40.7. The van der Waals surface area contributed by atoms with Crippen LogP contribution < -0.4 is 0 Å². The Balaban J connectivity index is 1.86. The van der Waals surface area contributed by atoms with Gasteiger partial charge in [0.05, 0.1) is 0 Å². The smallest absolute Gasteiger partial charge is 0.0178 e. The summed E-state index contributed by atoms with van der Waals surface area (Å²) in [6.45, 7) is 11.8. The van der Waals surface area contributed by atoms with Crippen molar-refractivity contribution < 1.29 is 0 Å². The second kappa shape index (κ2) is 6.95. The van der Waals surface area contributed by atoms with Crippen molar-refractivity contribution in [3.63, 3.8) is 0 Å². The fraction of sp³-hybridized carbons (Fsp3) is 0.895. The third-order valence-electron chi connectivity index (χ3n) is 6.16. The van der Waals surface area contributed by atoms with Crippen LogP contribution in [0.2, 0.25) is 0 Å². The van der Waals surface area contributed by atoms with Gasteiger partial charge in [0.1, 0.15) is 0 Å². The first-order chi connectivity index (χ1) is 9.08. The monoisotopic (exact) mass is 262 g/mol. The molecular weight excluding hydrogens is 228 g/mol. The van der Waals surface area contributed by atoms with Gasteiger partial charge in [-0.3, -0.25) is 0 Å². The van der Waals surface area contributed by atoms with Crippen LogP contribution in [0.4, 0.5) is 0 Å². The summed E-state index contributed by atoms with van der Waals surface area (Å²) in [5.74, 6) is 4.51. The largest absolute Gasteiger partial charge is 0.0996 e. The van der Waals surface area contributed by atoms with Gasteiger partial charge in [-0.15, -0.1) is 0 Å². The molecule has 2 aliphatic rings.